The first-order chi connectivity index (χ1) is 8.99. The van der Waals surface area contributed by atoms with Gasteiger partial charge in [-0.3, -0.25) is 0 Å². The van der Waals surface area contributed by atoms with E-state index in [-0.39, 0.29) is 11.8 Å². The number of rotatable bonds is 3. The highest BCUT2D eigenvalue weighted by Gasteiger charge is 2.13. The molecular formula is C15H15Cl2NO. The number of phenols is 1. The van der Waals surface area contributed by atoms with E-state index in [1.807, 2.05) is 26.0 Å². The third-order valence-corrected chi connectivity index (χ3v) is 3.60. The van der Waals surface area contributed by atoms with Crippen LogP contribution < -0.4 is 5.32 Å². The maximum atomic E-state index is 9.92. The Kier molecular flexibility index (Phi) is 4.23. The van der Waals surface area contributed by atoms with Crippen LogP contribution in [0.2, 0.25) is 10.0 Å². The lowest BCUT2D eigenvalue weighted by molar-refractivity contribution is 0.465. The molecule has 0 saturated heterocycles. The molecule has 0 aliphatic rings. The highest BCUT2D eigenvalue weighted by Crippen LogP contribution is 2.34. The predicted molar refractivity (Wildman–Crippen MR) is 81.3 cm³/mol. The summed E-state index contributed by atoms with van der Waals surface area (Å²) in [7, 11) is 0. The molecule has 0 radical (unpaired) electrons. The minimum Gasteiger partial charge on any atom is -0.508 e. The van der Waals surface area contributed by atoms with E-state index in [2.05, 4.69) is 5.32 Å². The number of nitrogens with one attached hydrogen (secondary N) is 1. The van der Waals surface area contributed by atoms with Crippen molar-refractivity contribution in [2.24, 2.45) is 0 Å². The lowest BCUT2D eigenvalue weighted by Crippen LogP contribution is -2.08. The van der Waals surface area contributed by atoms with E-state index in [0.29, 0.717) is 15.7 Å². The molecule has 0 aliphatic heterocycles. The molecule has 4 heteroatoms. The number of hydrogen-bond donors (Lipinski definition) is 2. The van der Waals surface area contributed by atoms with Crippen LogP contribution in [-0.4, -0.2) is 5.11 Å². The van der Waals surface area contributed by atoms with Gasteiger partial charge in [-0.05, 0) is 32.0 Å². The molecule has 2 nitrogen and oxygen atoms in total. The van der Waals surface area contributed by atoms with E-state index in [0.717, 1.165) is 11.1 Å². The zero-order chi connectivity index (χ0) is 14.0. The van der Waals surface area contributed by atoms with Gasteiger partial charge in [-0.1, -0.05) is 47.0 Å². The van der Waals surface area contributed by atoms with Gasteiger partial charge in [-0.2, -0.15) is 0 Å². The Morgan fingerprint density at radius 3 is 2.37 bits per heavy atom. The Labute approximate surface area is 123 Å². The fourth-order valence-corrected chi connectivity index (χ4v) is 2.46. The first-order valence-electron chi connectivity index (χ1n) is 5.99. The largest absolute Gasteiger partial charge is 0.508 e. The highest BCUT2D eigenvalue weighted by molar-refractivity contribution is 6.39. The summed E-state index contributed by atoms with van der Waals surface area (Å²) < 4.78 is 0. The topological polar surface area (TPSA) is 32.3 Å². The fraction of sp³-hybridized carbons (Fsp3) is 0.200. The summed E-state index contributed by atoms with van der Waals surface area (Å²) >= 11 is 12.2. The van der Waals surface area contributed by atoms with Gasteiger partial charge in [-0.15, -0.1) is 0 Å². The molecular weight excluding hydrogens is 281 g/mol. The van der Waals surface area contributed by atoms with Crippen LogP contribution in [0.1, 0.15) is 24.1 Å². The summed E-state index contributed by atoms with van der Waals surface area (Å²) in [5.41, 5.74) is 2.59. The summed E-state index contributed by atoms with van der Waals surface area (Å²) in [4.78, 5) is 0. The Morgan fingerprint density at radius 2 is 1.74 bits per heavy atom. The molecule has 0 bridgehead atoms. The van der Waals surface area contributed by atoms with Crippen molar-refractivity contribution < 1.29 is 5.11 Å². The second-order valence-electron chi connectivity index (χ2n) is 4.52. The van der Waals surface area contributed by atoms with E-state index in [1.54, 1.807) is 24.3 Å². The minimum absolute atomic E-state index is 0.0997. The van der Waals surface area contributed by atoms with Gasteiger partial charge >= 0.3 is 0 Å². The van der Waals surface area contributed by atoms with Crippen molar-refractivity contribution in [3.05, 3.63) is 57.6 Å². The number of aromatic hydroxyl groups is 1. The Morgan fingerprint density at radius 1 is 1.11 bits per heavy atom. The summed E-state index contributed by atoms with van der Waals surface area (Å²) in [6, 6.07) is 10.8. The van der Waals surface area contributed by atoms with Gasteiger partial charge < -0.3 is 10.4 Å². The lowest BCUT2D eigenvalue weighted by atomic mass is 10.0. The average Bonchev–Trinajstić information content (AvgIpc) is 2.37. The molecule has 0 amide bonds. The molecule has 2 N–H and O–H groups in total. The van der Waals surface area contributed by atoms with Crippen LogP contribution in [0.15, 0.2) is 36.4 Å². The molecule has 0 fully saturated rings. The second kappa shape index (κ2) is 5.72. The number of para-hydroxylation sites is 1. The quantitative estimate of drug-likeness (QED) is 0.818. The molecule has 100 valence electrons. The van der Waals surface area contributed by atoms with Crippen molar-refractivity contribution in [3.63, 3.8) is 0 Å². The summed E-state index contributed by atoms with van der Waals surface area (Å²) in [6.07, 6.45) is 0. The first-order valence-corrected chi connectivity index (χ1v) is 6.74. The molecule has 2 aromatic carbocycles. The van der Waals surface area contributed by atoms with Crippen molar-refractivity contribution in [2.75, 3.05) is 5.32 Å². The molecule has 19 heavy (non-hydrogen) atoms. The predicted octanol–water partition coefficient (Wildman–Crippen LogP) is 5.18. The van der Waals surface area contributed by atoms with E-state index in [4.69, 9.17) is 23.2 Å². The van der Waals surface area contributed by atoms with Gasteiger partial charge in [0.1, 0.15) is 5.75 Å². The van der Waals surface area contributed by atoms with Gasteiger partial charge in [0.05, 0.1) is 21.8 Å². The van der Waals surface area contributed by atoms with E-state index in [9.17, 15) is 5.11 Å². The molecule has 0 saturated carbocycles. The summed E-state index contributed by atoms with van der Waals surface area (Å²) in [5.74, 6) is 0.258. The summed E-state index contributed by atoms with van der Waals surface area (Å²) in [5, 5.41) is 14.3. The van der Waals surface area contributed by atoms with Gasteiger partial charge in [0.25, 0.3) is 0 Å². The number of benzene rings is 2. The number of aryl methyl sites for hydroxylation is 1. The summed E-state index contributed by atoms with van der Waals surface area (Å²) in [6.45, 7) is 3.94. The molecule has 1 atom stereocenters. The molecule has 1 unspecified atom stereocenters. The third-order valence-electron chi connectivity index (χ3n) is 2.97. The van der Waals surface area contributed by atoms with Crippen LogP contribution in [0.5, 0.6) is 5.75 Å². The maximum Gasteiger partial charge on any atom is 0.120 e. The highest BCUT2D eigenvalue weighted by atomic mass is 35.5. The van der Waals surface area contributed by atoms with E-state index < -0.39 is 0 Å². The average molecular weight is 296 g/mol. The SMILES string of the molecule is Cc1ccc(O)c(C(C)Nc2c(Cl)cccc2Cl)c1. The minimum atomic E-state index is -0.0997. The first kappa shape index (κ1) is 14.0. The monoisotopic (exact) mass is 295 g/mol. The third kappa shape index (κ3) is 3.14. The lowest BCUT2D eigenvalue weighted by Gasteiger charge is -2.19. The van der Waals surface area contributed by atoms with Crippen molar-refractivity contribution in [3.8, 4) is 5.75 Å². The van der Waals surface area contributed by atoms with Gasteiger partial charge in [0.2, 0.25) is 0 Å². The van der Waals surface area contributed by atoms with Crippen molar-refractivity contribution >= 4 is 28.9 Å². The van der Waals surface area contributed by atoms with Gasteiger partial charge in [0, 0.05) is 5.56 Å². The van der Waals surface area contributed by atoms with Crippen LogP contribution >= 0.6 is 23.2 Å². The fourth-order valence-electron chi connectivity index (χ4n) is 1.95. The normalized spacial score (nSPS) is 12.2. The number of halogens is 2. The standard InChI is InChI=1S/C15H15Cl2NO/c1-9-6-7-14(19)11(8-9)10(2)18-15-12(16)4-3-5-13(15)17/h3-8,10,18-19H,1-2H3. The molecule has 0 aromatic heterocycles. The second-order valence-corrected chi connectivity index (χ2v) is 5.34. The van der Waals surface area contributed by atoms with Gasteiger partial charge in [0.15, 0.2) is 0 Å². The van der Waals surface area contributed by atoms with Crippen LogP contribution in [0, 0.1) is 6.92 Å². The number of phenolic OH excluding ortho intramolecular Hbond substituents is 1. The zero-order valence-electron chi connectivity index (χ0n) is 10.7. The zero-order valence-corrected chi connectivity index (χ0v) is 12.3. The van der Waals surface area contributed by atoms with Crippen molar-refractivity contribution in [1.29, 1.82) is 0 Å². The van der Waals surface area contributed by atoms with Gasteiger partial charge in [-0.25, -0.2) is 0 Å². The Bertz CT molecular complexity index is 578. The van der Waals surface area contributed by atoms with Crippen LogP contribution in [0.3, 0.4) is 0 Å². The van der Waals surface area contributed by atoms with Crippen LogP contribution in [0.4, 0.5) is 5.69 Å². The van der Waals surface area contributed by atoms with Crippen LogP contribution in [0.25, 0.3) is 0 Å². The molecule has 2 rings (SSSR count). The number of anilines is 1. The Balaban J connectivity index is 2.31. The van der Waals surface area contributed by atoms with Crippen molar-refractivity contribution in [1.82, 2.24) is 0 Å². The van der Waals surface area contributed by atoms with E-state index >= 15 is 0 Å². The van der Waals surface area contributed by atoms with Crippen molar-refractivity contribution in [2.45, 2.75) is 19.9 Å². The number of hydrogen-bond acceptors (Lipinski definition) is 2. The van der Waals surface area contributed by atoms with E-state index in [1.165, 1.54) is 0 Å². The molecule has 2 aromatic rings. The molecule has 0 aliphatic carbocycles. The smallest absolute Gasteiger partial charge is 0.120 e. The molecule has 0 spiro atoms. The van der Waals surface area contributed by atoms with Crippen LogP contribution in [-0.2, 0) is 0 Å². The maximum absolute atomic E-state index is 9.92. The molecule has 0 heterocycles. The Hall–Kier alpha value is -1.38.